The fourth-order valence-corrected chi connectivity index (χ4v) is 8.52. The Kier molecular flexibility index (Phi) is 12.7. The standard InChI is InChI=1S/C62H57N3/c1-6-7-8-49-17-35-58(36-18-49)65(61-41-23-52(24-42-61)50-19-37-59(38-20-50)63(54-27-9-45(2)10-28-54)55-29-11-46(3)12-30-55)62-43-25-53(26-44-62)51-21-39-60(40-22-51)64(56-31-13-47(4)14-32-56)57-33-15-48(5)16-34-57/h9-44H,6-8H2,1-5H3. The molecule has 0 aliphatic heterocycles. The van der Waals surface area contributed by atoms with Crippen LogP contribution in [0.15, 0.2) is 218 Å². The SMILES string of the molecule is CCCCc1ccc(N(c2ccc(-c3ccc(N(c4ccc(C)cc4)c4ccc(C)cc4)cc3)cc2)c2ccc(-c3ccc(N(c4ccc(C)cc4)c4ccc(C)cc4)cc3)cc2)cc1. The Morgan fingerprint density at radius 2 is 0.431 bits per heavy atom. The van der Waals surface area contributed by atoms with E-state index in [1.54, 1.807) is 0 Å². The molecule has 3 heteroatoms. The molecule has 0 saturated carbocycles. The minimum Gasteiger partial charge on any atom is -0.311 e. The van der Waals surface area contributed by atoms with Gasteiger partial charge in [-0.1, -0.05) is 145 Å². The maximum Gasteiger partial charge on any atom is 0.0462 e. The van der Waals surface area contributed by atoms with Gasteiger partial charge < -0.3 is 14.7 Å². The molecule has 0 bridgehead atoms. The smallest absolute Gasteiger partial charge is 0.0462 e. The first-order valence-electron chi connectivity index (χ1n) is 23.0. The number of rotatable bonds is 14. The fourth-order valence-electron chi connectivity index (χ4n) is 8.52. The van der Waals surface area contributed by atoms with Crippen molar-refractivity contribution in [2.24, 2.45) is 0 Å². The Morgan fingerprint density at radius 3 is 0.631 bits per heavy atom. The van der Waals surface area contributed by atoms with Gasteiger partial charge in [0.1, 0.15) is 0 Å². The molecule has 0 aliphatic carbocycles. The number of benzene rings is 9. The molecule has 3 nitrogen and oxygen atoms in total. The van der Waals surface area contributed by atoms with Gasteiger partial charge in [0.05, 0.1) is 0 Å². The summed E-state index contributed by atoms with van der Waals surface area (Å²) < 4.78 is 0. The lowest BCUT2D eigenvalue weighted by atomic mass is 10.0. The van der Waals surface area contributed by atoms with E-state index in [0.29, 0.717) is 0 Å². The monoisotopic (exact) mass is 843 g/mol. The van der Waals surface area contributed by atoms with Crippen molar-refractivity contribution in [1.29, 1.82) is 0 Å². The van der Waals surface area contributed by atoms with Gasteiger partial charge in [-0.15, -0.1) is 0 Å². The highest BCUT2D eigenvalue weighted by Crippen LogP contribution is 2.40. The molecule has 0 saturated heterocycles. The van der Waals surface area contributed by atoms with Gasteiger partial charge in [0.15, 0.2) is 0 Å². The van der Waals surface area contributed by atoms with Gasteiger partial charge in [-0.2, -0.15) is 0 Å². The third-order valence-corrected chi connectivity index (χ3v) is 12.4. The summed E-state index contributed by atoms with van der Waals surface area (Å²) in [6, 6.07) is 80.0. The first kappa shape index (κ1) is 42.7. The van der Waals surface area contributed by atoms with Crippen molar-refractivity contribution in [1.82, 2.24) is 0 Å². The van der Waals surface area contributed by atoms with Crippen molar-refractivity contribution < 1.29 is 0 Å². The molecule has 0 atom stereocenters. The molecular weight excluding hydrogens is 787 g/mol. The van der Waals surface area contributed by atoms with E-state index in [1.165, 1.54) is 62.9 Å². The fraction of sp³-hybridized carbons (Fsp3) is 0.129. The van der Waals surface area contributed by atoms with E-state index in [2.05, 4.69) is 268 Å². The highest BCUT2D eigenvalue weighted by molar-refractivity contribution is 5.83. The van der Waals surface area contributed by atoms with E-state index in [1.807, 2.05) is 0 Å². The number of unbranched alkanes of at least 4 members (excludes halogenated alkanes) is 1. The highest BCUT2D eigenvalue weighted by atomic mass is 15.2. The minimum atomic E-state index is 1.10. The Labute approximate surface area is 386 Å². The van der Waals surface area contributed by atoms with Gasteiger partial charge in [-0.3, -0.25) is 0 Å². The minimum absolute atomic E-state index is 1.10. The van der Waals surface area contributed by atoms with Gasteiger partial charge in [-0.05, 0) is 178 Å². The lowest BCUT2D eigenvalue weighted by Crippen LogP contribution is -2.10. The maximum absolute atomic E-state index is 2.37. The second-order valence-electron chi connectivity index (χ2n) is 17.3. The van der Waals surface area contributed by atoms with Crippen LogP contribution in [0, 0.1) is 27.7 Å². The van der Waals surface area contributed by atoms with Gasteiger partial charge in [-0.25, -0.2) is 0 Å². The van der Waals surface area contributed by atoms with Gasteiger partial charge >= 0.3 is 0 Å². The summed E-state index contributed by atoms with van der Waals surface area (Å²) in [4.78, 5) is 7.01. The molecule has 9 rings (SSSR count). The second-order valence-corrected chi connectivity index (χ2v) is 17.3. The summed E-state index contributed by atoms with van der Waals surface area (Å²) in [5, 5.41) is 0. The number of hydrogen-bond acceptors (Lipinski definition) is 3. The van der Waals surface area contributed by atoms with Crippen LogP contribution >= 0.6 is 0 Å². The van der Waals surface area contributed by atoms with Gasteiger partial charge in [0.2, 0.25) is 0 Å². The van der Waals surface area contributed by atoms with Crippen LogP contribution in [-0.2, 0) is 6.42 Å². The first-order chi connectivity index (χ1) is 31.8. The summed E-state index contributed by atoms with van der Waals surface area (Å²) in [5.41, 5.74) is 21.2. The van der Waals surface area contributed by atoms with Gasteiger partial charge in [0.25, 0.3) is 0 Å². The van der Waals surface area contributed by atoms with E-state index in [-0.39, 0.29) is 0 Å². The van der Waals surface area contributed by atoms with Crippen LogP contribution in [0.3, 0.4) is 0 Å². The van der Waals surface area contributed by atoms with Crippen LogP contribution in [0.25, 0.3) is 22.3 Å². The topological polar surface area (TPSA) is 9.72 Å². The molecule has 0 unspecified atom stereocenters. The quantitative estimate of drug-likeness (QED) is 0.108. The van der Waals surface area contributed by atoms with Crippen molar-refractivity contribution in [2.45, 2.75) is 53.9 Å². The molecule has 0 N–H and O–H groups in total. The molecule has 320 valence electrons. The van der Waals surface area contributed by atoms with E-state index >= 15 is 0 Å². The van der Waals surface area contributed by atoms with E-state index in [9.17, 15) is 0 Å². The zero-order chi connectivity index (χ0) is 44.7. The summed E-state index contributed by atoms with van der Waals surface area (Å²) in [5.74, 6) is 0. The second kappa shape index (κ2) is 19.4. The molecule has 0 heterocycles. The Hall–Kier alpha value is -7.62. The van der Waals surface area contributed by atoms with Crippen LogP contribution in [0.5, 0.6) is 0 Å². The number of nitrogens with zero attached hydrogens (tertiary/aromatic N) is 3. The molecule has 9 aromatic rings. The Morgan fingerprint density at radius 1 is 0.246 bits per heavy atom. The molecule has 0 aromatic heterocycles. The Balaban J connectivity index is 0.993. The molecule has 0 radical (unpaired) electrons. The maximum atomic E-state index is 2.37. The summed E-state index contributed by atoms with van der Waals surface area (Å²) in [7, 11) is 0. The van der Waals surface area contributed by atoms with Crippen molar-refractivity contribution >= 4 is 51.2 Å². The van der Waals surface area contributed by atoms with Crippen molar-refractivity contribution in [3.8, 4) is 22.3 Å². The molecule has 0 spiro atoms. The summed E-state index contributed by atoms with van der Waals surface area (Å²) in [6.07, 6.45) is 3.48. The zero-order valence-corrected chi connectivity index (χ0v) is 38.2. The van der Waals surface area contributed by atoms with Gasteiger partial charge in [0, 0.05) is 51.2 Å². The third kappa shape index (κ3) is 9.81. The summed E-state index contributed by atoms with van der Waals surface area (Å²) >= 11 is 0. The predicted molar refractivity (Wildman–Crippen MR) is 279 cm³/mol. The van der Waals surface area contributed by atoms with Crippen molar-refractivity contribution in [3.63, 3.8) is 0 Å². The molecule has 65 heavy (non-hydrogen) atoms. The van der Waals surface area contributed by atoms with E-state index in [0.717, 1.165) is 57.6 Å². The predicted octanol–water partition coefficient (Wildman–Crippen LogP) is 18.0. The normalized spacial score (nSPS) is 11.0. The third-order valence-electron chi connectivity index (χ3n) is 12.4. The van der Waals surface area contributed by atoms with Crippen LogP contribution in [0.4, 0.5) is 51.2 Å². The first-order valence-corrected chi connectivity index (χ1v) is 23.0. The van der Waals surface area contributed by atoms with E-state index < -0.39 is 0 Å². The number of hydrogen-bond donors (Lipinski definition) is 0. The summed E-state index contributed by atoms with van der Waals surface area (Å²) in [6.45, 7) is 10.8. The van der Waals surface area contributed by atoms with Crippen LogP contribution < -0.4 is 14.7 Å². The lowest BCUT2D eigenvalue weighted by molar-refractivity contribution is 0.795. The lowest BCUT2D eigenvalue weighted by Gasteiger charge is -2.27. The van der Waals surface area contributed by atoms with Crippen molar-refractivity contribution in [3.05, 3.63) is 246 Å². The van der Waals surface area contributed by atoms with Crippen LogP contribution in [0.1, 0.15) is 47.6 Å². The largest absolute Gasteiger partial charge is 0.311 e. The van der Waals surface area contributed by atoms with Crippen molar-refractivity contribution in [2.75, 3.05) is 14.7 Å². The average molecular weight is 844 g/mol. The number of aryl methyl sites for hydroxylation is 5. The molecule has 0 aliphatic rings. The van der Waals surface area contributed by atoms with E-state index in [4.69, 9.17) is 0 Å². The molecule has 0 amide bonds. The molecule has 0 fully saturated rings. The van der Waals surface area contributed by atoms with Crippen LogP contribution in [0.2, 0.25) is 0 Å². The number of anilines is 9. The molecule has 9 aromatic carbocycles. The Bertz CT molecular complexity index is 2640. The zero-order valence-electron chi connectivity index (χ0n) is 38.2. The highest BCUT2D eigenvalue weighted by Gasteiger charge is 2.17. The average Bonchev–Trinajstić information content (AvgIpc) is 3.35. The molecular formula is C62H57N3. The van der Waals surface area contributed by atoms with Crippen LogP contribution in [-0.4, -0.2) is 0 Å².